The molecule has 1 heterocycles. The minimum atomic E-state index is -1.36. The van der Waals surface area contributed by atoms with E-state index in [2.05, 4.69) is 0 Å². The summed E-state index contributed by atoms with van der Waals surface area (Å²) in [5.41, 5.74) is -0.178. The van der Waals surface area contributed by atoms with Gasteiger partial charge in [-0.3, -0.25) is 4.79 Å². The molecule has 0 spiro atoms. The predicted octanol–water partition coefficient (Wildman–Crippen LogP) is -3.00. The number of amides is 1. The van der Waals surface area contributed by atoms with E-state index in [1.165, 1.54) is 18.2 Å². The van der Waals surface area contributed by atoms with Gasteiger partial charge in [-0.25, -0.2) is 0 Å². The molecule has 1 saturated heterocycles. The van der Waals surface area contributed by atoms with Crippen LogP contribution in [0.15, 0.2) is 24.3 Å². The second-order valence-corrected chi connectivity index (χ2v) is 3.72. The smallest absolute Gasteiger partial charge is 0.545 e. The van der Waals surface area contributed by atoms with Crippen LogP contribution in [0.5, 0.6) is 5.75 Å². The van der Waals surface area contributed by atoms with E-state index in [0.29, 0.717) is 5.91 Å². The summed E-state index contributed by atoms with van der Waals surface area (Å²) in [5.74, 6) is -1.33. The van der Waals surface area contributed by atoms with Crippen molar-refractivity contribution in [2.45, 2.75) is 12.8 Å². The molecular formula is C12H14NNaO4. The molecule has 1 aromatic carbocycles. The standard InChI is InChI=1S/C7H6O3.C5H9NO.Na/c8-6-4-2-1-3-5(6)7(9)10;1-6-4-2-3-5(6)7;/h1-4,8H,(H,9,10);2-4H2,1H3;/q;;+1/p-1. The summed E-state index contributed by atoms with van der Waals surface area (Å²) in [6.07, 6.45) is 1.81. The number of carboxylic acid groups (broad SMARTS) is 1. The zero-order chi connectivity index (χ0) is 12.8. The second kappa shape index (κ2) is 8.13. The van der Waals surface area contributed by atoms with Crippen molar-refractivity contribution in [1.29, 1.82) is 0 Å². The number of carboxylic acids is 1. The molecule has 0 radical (unpaired) electrons. The van der Waals surface area contributed by atoms with E-state index in [-0.39, 0.29) is 40.9 Å². The Kier molecular flexibility index (Phi) is 7.66. The first kappa shape index (κ1) is 17.0. The molecule has 1 aromatic rings. The summed E-state index contributed by atoms with van der Waals surface area (Å²) >= 11 is 0. The maximum Gasteiger partial charge on any atom is 1.00 e. The van der Waals surface area contributed by atoms with Gasteiger partial charge in [-0.2, -0.15) is 0 Å². The van der Waals surface area contributed by atoms with Crippen LogP contribution >= 0.6 is 0 Å². The van der Waals surface area contributed by atoms with Crippen LogP contribution in [-0.2, 0) is 4.79 Å². The molecule has 0 unspecified atom stereocenters. The van der Waals surface area contributed by atoms with Crippen LogP contribution in [0.3, 0.4) is 0 Å². The van der Waals surface area contributed by atoms with Gasteiger partial charge >= 0.3 is 29.6 Å². The van der Waals surface area contributed by atoms with Gasteiger partial charge in [-0.05, 0) is 18.6 Å². The number of benzene rings is 1. The van der Waals surface area contributed by atoms with E-state index < -0.39 is 5.97 Å². The number of phenols is 1. The topological polar surface area (TPSA) is 80.7 Å². The van der Waals surface area contributed by atoms with Gasteiger partial charge in [0.2, 0.25) is 5.91 Å². The number of hydrogen-bond donors (Lipinski definition) is 1. The Morgan fingerprint density at radius 2 is 2.00 bits per heavy atom. The number of rotatable bonds is 1. The summed E-state index contributed by atoms with van der Waals surface area (Å²) in [7, 11) is 1.84. The van der Waals surface area contributed by atoms with Crippen LogP contribution in [0, 0.1) is 0 Å². The Bertz CT molecular complexity index is 422. The summed E-state index contributed by atoms with van der Waals surface area (Å²) in [5, 5.41) is 19.0. The summed E-state index contributed by atoms with van der Waals surface area (Å²) < 4.78 is 0. The number of para-hydroxylation sites is 1. The van der Waals surface area contributed by atoms with E-state index in [4.69, 9.17) is 5.11 Å². The molecule has 0 bridgehead atoms. The summed E-state index contributed by atoms with van der Waals surface area (Å²) in [6, 6.07) is 5.64. The summed E-state index contributed by atoms with van der Waals surface area (Å²) in [6.45, 7) is 0.957. The number of hydrogen-bond acceptors (Lipinski definition) is 4. The molecule has 0 saturated carbocycles. The van der Waals surface area contributed by atoms with Crippen molar-refractivity contribution in [3.8, 4) is 5.75 Å². The molecule has 92 valence electrons. The molecular weight excluding hydrogens is 245 g/mol. The van der Waals surface area contributed by atoms with E-state index in [0.717, 1.165) is 19.4 Å². The van der Waals surface area contributed by atoms with Crippen molar-refractivity contribution >= 4 is 11.9 Å². The van der Waals surface area contributed by atoms with Crippen molar-refractivity contribution in [2.75, 3.05) is 13.6 Å². The van der Waals surface area contributed by atoms with Crippen LogP contribution in [-0.4, -0.2) is 35.5 Å². The van der Waals surface area contributed by atoms with E-state index in [9.17, 15) is 14.7 Å². The molecule has 0 atom stereocenters. The molecule has 1 fully saturated rings. The zero-order valence-corrected chi connectivity index (χ0v) is 12.5. The second-order valence-electron chi connectivity index (χ2n) is 3.72. The van der Waals surface area contributed by atoms with Gasteiger partial charge in [-0.1, -0.05) is 12.1 Å². The first-order valence-electron chi connectivity index (χ1n) is 5.25. The third-order valence-electron chi connectivity index (χ3n) is 2.43. The fourth-order valence-electron chi connectivity index (χ4n) is 1.43. The number of aromatic carboxylic acids is 1. The Hall–Kier alpha value is -1.04. The maximum atomic E-state index is 10.5. The van der Waals surface area contributed by atoms with Gasteiger partial charge in [0, 0.05) is 25.6 Å². The van der Waals surface area contributed by atoms with Crippen molar-refractivity contribution in [3.63, 3.8) is 0 Å². The predicted molar refractivity (Wildman–Crippen MR) is 59.3 cm³/mol. The molecule has 2 rings (SSSR count). The largest absolute Gasteiger partial charge is 1.00 e. The van der Waals surface area contributed by atoms with Crippen LogP contribution in [0.2, 0.25) is 0 Å². The van der Waals surface area contributed by atoms with Crippen molar-refractivity contribution in [2.24, 2.45) is 0 Å². The van der Waals surface area contributed by atoms with Gasteiger partial charge in [0.25, 0.3) is 0 Å². The molecule has 1 N–H and O–H groups in total. The molecule has 5 nitrogen and oxygen atoms in total. The van der Waals surface area contributed by atoms with Gasteiger partial charge in [0.15, 0.2) is 0 Å². The van der Waals surface area contributed by atoms with Crippen molar-refractivity contribution in [3.05, 3.63) is 29.8 Å². The summed E-state index contributed by atoms with van der Waals surface area (Å²) in [4.78, 5) is 22.4. The third-order valence-corrected chi connectivity index (χ3v) is 2.43. The molecule has 0 aliphatic carbocycles. The van der Waals surface area contributed by atoms with Crippen LogP contribution in [0.25, 0.3) is 0 Å². The Balaban J connectivity index is 0.000000321. The van der Waals surface area contributed by atoms with Crippen LogP contribution in [0.4, 0.5) is 0 Å². The number of nitrogens with zero attached hydrogens (tertiary/aromatic N) is 1. The molecule has 6 heteroatoms. The quantitative estimate of drug-likeness (QED) is 0.545. The van der Waals surface area contributed by atoms with Gasteiger partial charge in [-0.15, -0.1) is 0 Å². The minimum absolute atomic E-state index is 0. The third kappa shape index (κ3) is 5.08. The van der Waals surface area contributed by atoms with Crippen molar-refractivity contribution in [1.82, 2.24) is 4.90 Å². The first-order chi connectivity index (χ1) is 8.02. The molecule has 1 amide bonds. The molecule has 0 aromatic heterocycles. The Labute approximate surface area is 128 Å². The van der Waals surface area contributed by atoms with Crippen LogP contribution in [0.1, 0.15) is 23.2 Å². The van der Waals surface area contributed by atoms with Crippen LogP contribution < -0.4 is 34.7 Å². The number of likely N-dealkylation sites (tertiary alicyclic amines) is 1. The average molecular weight is 259 g/mol. The SMILES string of the molecule is CN1CCCC1=O.O=C([O-])c1ccccc1O.[Na+]. The zero-order valence-electron chi connectivity index (χ0n) is 10.5. The first-order valence-corrected chi connectivity index (χ1v) is 5.25. The normalized spacial score (nSPS) is 13.4. The Morgan fingerprint density at radius 3 is 2.28 bits per heavy atom. The maximum absolute atomic E-state index is 10.5. The molecule has 18 heavy (non-hydrogen) atoms. The van der Waals surface area contributed by atoms with Gasteiger partial charge in [0.05, 0.1) is 5.97 Å². The number of aromatic hydroxyl groups is 1. The number of carbonyl (C=O) groups excluding carboxylic acids is 2. The van der Waals surface area contributed by atoms with E-state index in [1.807, 2.05) is 7.05 Å². The fraction of sp³-hybridized carbons (Fsp3) is 0.333. The fourth-order valence-corrected chi connectivity index (χ4v) is 1.43. The Morgan fingerprint density at radius 1 is 1.39 bits per heavy atom. The van der Waals surface area contributed by atoms with E-state index >= 15 is 0 Å². The van der Waals surface area contributed by atoms with E-state index in [1.54, 1.807) is 11.0 Å². The molecule has 1 aliphatic heterocycles. The molecule has 1 aliphatic rings. The average Bonchev–Trinajstić information content (AvgIpc) is 2.64. The monoisotopic (exact) mass is 259 g/mol. The minimum Gasteiger partial charge on any atom is -0.545 e. The van der Waals surface area contributed by atoms with Crippen molar-refractivity contribution < 1.29 is 49.4 Å². The number of carbonyl (C=O) groups is 2. The van der Waals surface area contributed by atoms with Gasteiger partial charge in [0.1, 0.15) is 5.75 Å². The van der Waals surface area contributed by atoms with Gasteiger partial charge < -0.3 is 19.9 Å².